The summed E-state index contributed by atoms with van der Waals surface area (Å²) in [5, 5.41) is 23.0. The van der Waals surface area contributed by atoms with E-state index >= 15 is 0 Å². The molecule has 1 fully saturated rings. The molecule has 0 unspecified atom stereocenters. The number of benzene rings is 1. The number of carboxylic acid groups (broad SMARTS) is 2. The largest absolute Gasteiger partial charge is 0.481 e. The monoisotopic (exact) mass is 491 g/mol. The summed E-state index contributed by atoms with van der Waals surface area (Å²) < 4.78 is 0. The number of aliphatic carboxylic acids is 2. The molecular weight excluding hydrogens is 462 g/mol. The van der Waals surface area contributed by atoms with Crippen molar-refractivity contribution >= 4 is 35.6 Å². The van der Waals surface area contributed by atoms with Crippen molar-refractivity contribution in [1.82, 2.24) is 15.5 Å². The zero-order valence-corrected chi connectivity index (χ0v) is 18.9. The third-order valence-corrected chi connectivity index (χ3v) is 5.49. The molecule has 1 aromatic rings. The van der Waals surface area contributed by atoms with Gasteiger partial charge in [0.25, 0.3) is 0 Å². The van der Waals surface area contributed by atoms with Crippen LogP contribution in [0.15, 0.2) is 30.3 Å². The second-order valence-corrected chi connectivity index (χ2v) is 8.21. The van der Waals surface area contributed by atoms with Crippen LogP contribution in [-0.4, -0.2) is 81.4 Å². The Morgan fingerprint density at radius 3 is 2.17 bits per heavy atom. The van der Waals surface area contributed by atoms with Crippen LogP contribution in [0.1, 0.15) is 31.2 Å². The quantitative estimate of drug-likeness (QED) is 0.189. The smallest absolute Gasteiger partial charge is 0.326 e. The molecule has 1 aromatic carbocycles. The Labute approximate surface area is 200 Å². The van der Waals surface area contributed by atoms with Gasteiger partial charge in [0, 0.05) is 13.0 Å². The third-order valence-electron chi connectivity index (χ3n) is 5.49. The molecule has 2 rings (SSSR count). The number of hydrogen-bond acceptors (Lipinski definition) is 7. The van der Waals surface area contributed by atoms with Gasteiger partial charge in [0.1, 0.15) is 18.1 Å². The van der Waals surface area contributed by atoms with E-state index in [1.165, 1.54) is 0 Å². The summed E-state index contributed by atoms with van der Waals surface area (Å²) in [5.74, 6) is -5.94. The van der Waals surface area contributed by atoms with Crippen LogP contribution in [-0.2, 0) is 35.2 Å². The number of primary amides is 1. The van der Waals surface area contributed by atoms with Gasteiger partial charge in [-0.25, -0.2) is 4.79 Å². The molecule has 190 valence electrons. The van der Waals surface area contributed by atoms with Gasteiger partial charge in [-0.1, -0.05) is 30.3 Å². The van der Waals surface area contributed by atoms with Crippen molar-refractivity contribution in [3.63, 3.8) is 0 Å². The maximum atomic E-state index is 13.1. The SMILES string of the molecule is NC(=O)C[C@H](NC(=O)[C@H](Cc1ccccc1)NC(=O)[C@@H](N)CC(=O)O)C(=O)N1CCC[C@H]1C(=O)O. The molecule has 13 nitrogen and oxygen atoms in total. The predicted molar refractivity (Wildman–Crippen MR) is 120 cm³/mol. The van der Waals surface area contributed by atoms with Crippen LogP contribution in [0.4, 0.5) is 0 Å². The maximum absolute atomic E-state index is 13.1. The summed E-state index contributed by atoms with van der Waals surface area (Å²) in [4.78, 5) is 73.6. The van der Waals surface area contributed by atoms with Crippen LogP contribution in [0.25, 0.3) is 0 Å². The van der Waals surface area contributed by atoms with Gasteiger partial charge in [0.05, 0.1) is 18.9 Å². The van der Waals surface area contributed by atoms with Crippen LogP contribution < -0.4 is 22.1 Å². The average molecular weight is 492 g/mol. The first-order chi connectivity index (χ1) is 16.5. The molecule has 13 heteroatoms. The van der Waals surface area contributed by atoms with Crippen molar-refractivity contribution in [2.45, 2.75) is 56.3 Å². The van der Waals surface area contributed by atoms with Gasteiger partial charge >= 0.3 is 11.9 Å². The molecule has 0 bridgehead atoms. The fraction of sp³-hybridized carbons (Fsp3) is 0.455. The third kappa shape index (κ3) is 8.07. The minimum absolute atomic E-state index is 0.0306. The van der Waals surface area contributed by atoms with Gasteiger partial charge in [-0.3, -0.25) is 24.0 Å². The number of nitrogens with one attached hydrogen (secondary N) is 2. The van der Waals surface area contributed by atoms with E-state index in [0.29, 0.717) is 12.0 Å². The molecule has 1 saturated heterocycles. The summed E-state index contributed by atoms with van der Waals surface area (Å²) >= 11 is 0. The highest BCUT2D eigenvalue weighted by atomic mass is 16.4. The molecule has 1 heterocycles. The molecule has 0 aliphatic carbocycles. The second-order valence-electron chi connectivity index (χ2n) is 8.21. The standard InChI is InChI=1S/C22H29N5O8/c23-13(10-18(29)30)19(31)25-14(9-12-5-2-1-3-6-12)20(32)26-15(11-17(24)28)21(33)27-8-4-7-16(27)22(34)35/h1-3,5-6,13-16H,4,7-11,23H2,(H2,24,28)(H,25,31)(H,26,32)(H,29,30)(H,34,35)/t13-,14-,15-,16-/m0/s1. The van der Waals surface area contributed by atoms with Gasteiger partial charge in [0.2, 0.25) is 23.6 Å². The Kier molecular flexibility index (Phi) is 9.70. The van der Waals surface area contributed by atoms with Gasteiger partial charge in [-0.15, -0.1) is 0 Å². The highest BCUT2D eigenvalue weighted by Gasteiger charge is 2.39. The van der Waals surface area contributed by atoms with E-state index in [0.717, 1.165) is 4.90 Å². The van der Waals surface area contributed by atoms with E-state index in [-0.39, 0.29) is 19.4 Å². The Morgan fingerprint density at radius 2 is 1.60 bits per heavy atom. The molecule has 35 heavy (non-hydrogen) atoms. The number of carboxylic acids is 2. The van der Waals surface area contributed by atoms with E-state index in [9.17, 15) is 33.9 Å². The number of carbonyl (C=O) groups excluding carboxylic acids is 4. The van der Waals surface area contributed by atoms with Gasteiger partial charge < -0.3 is 37.2 Å². The fourth-order valence-electron chi connectivity index (χ4n) is 3.78. The van der Waals surface area contributed by atoms with Crippen molar-refractivity contribution in [3.05, 3.63) is 35.9 Å². The molecular formula is C22H29N5O8. The van der Waals surface area contributed by atoms with E-state index in [2.05, 4.69) is 10.6 Å². The maximum Gasteiger partial charge on any atom is 0.326 e. The van der Waals surface area contributed by atoms with Crippen molar-refractivity contribution in [2.75, 3.05) is 6.54 Å². The fourth-order valence-corrected chi connectivity index (χ4v) is 3.78. The minimum atomic E-state index is -1.46. The summed E-state index contributed by atoms with van der Waals surface area (Å²) in [6.45, 7) is 0.134. The van der Waals surface area contributed by atoms with Crippen molar-refractivity contribution in [3.8, 4) is 0 Å². The lowest BCUT2D eigenvalue weighted by Gasteiger charge is -2.28. The van der Waals surface area contributed by atoms with E-state index in [1.54, 1.807) is 30.3 Å². The number of hydrogen-bond donors (Lipinski definition) is 6. The van der Waals surface area contributed by atoms with Crippen molar-refractivity contribution in [1.29, 1.82) is 0 Å². The lowest BCUT2D eigenvalue weighted by atomic mass is 10.0. The van der Waals surface area contributed by atoms with Crippen molar-refractivity contribution < 1.29 is 39.0 Å². The molecule has 4 amide bonds. The highest BCUT2D eigenvalue weighted by Crippen LogP contribution is 2.19. The number of rotatable bonds is 12. The minimum Gasteiger partial charge on any atom is -0.481 e. The zero-order chi connectivity index (χ0) is 26.1. The molecule has 4 atom stereocenters. The topological polar surface area (TPSA) is 222 Å². The van der Waals surface area contributed by atoms with E-state index in [4.69, 9.17) is 16.6 Å². The molecule has 1 aliphatic heterocycles. The Balaban J connectivity index is 2.24. The molecule has 0 saturated carbocycles. The van der Waals surface area contributed by atoms with Crippen LogP contribution in [0.3, 0.4) is 0 Å². The van der Waals surface area contributed by atoms with Gasteiger partial charge in [0.15, 0.2) is 0 Å². The average Bonchev–Trinajstić information content (AvgIpc) is 3.28. The zero-order valence-electron chi connectivity index (χ0n) is 18.9. The summed E-state index contributed by atoms with van der Waals surface area (Å²) in [5.41, 5.74) is 11.5. The van der Waals surface area contributed by atoms with Gasteiger partial charge in [-0.05, 0) is 18.4 Å². The number of nitrogens with zero attached hydrogens (tertiary/aromatic N) is 1. The number of carbonyl (C=O) groups is 6. The summed E-state index contributed by atoms with van der Waals surface area (Å²) in [7, 11) is 0. The first-order valence-electron chi connectivity index (χ1n) is 10.9. The Hall–Kier alpha value is -4.00. The number of nitrogens with two attached hydrogens (primary N) is 2. The van der Waals surface area contributed by atoms with Crippen LogP contribution in [0, 0.1) is 0 Å². The predicted octanol–water partition coefficient (Wildman–Crippen LogP) is -2.05. The molecule has 0 radical (unpaired) electrons. The number of likely N-dealkylation sites (tertiary alicyclic amines) is 1. The normalized spacial score (nSPS) is 17.6. The summed E-state index contributed by atoms with van der Waals surface area (Å²) in [6, 6.07) is 3.30. The molecule has 0 spiro atoms. The van der Waals surface area contributed by atoms with E-state index in [1.807, 2.05) is 0 Å². The first-order valence-corrected chi connectivity index (χ1v) is 10.9. The Morgan fingerprint density at radius 1 is 0.971 bits per heavy atom. The molecule has 1 aliphatic rings. The molecule has 8 N–H and O–H groups in total. The summed E-state index contributed by atoms with van der Waals surface area (Å²) in [6.07, 6.45) is -0.616. The first kappa shape index (κ1) is 27.2. The van der Waals surface area contributed by atoms with Crippen LogP contribution >= 0.6 is 0 Å². The lowest BCUT2D eigenvalue weighted by molar-refractivity contribution is -0.149. The highest BCUT2D eigenvalue weighted by molar-refractivity contribution is 5.96. The van der Waals surface area contributed by atoms with E-state index < -0.39 is 72.6 Å². The Bertz CT molecular complexity index is 970. The van der Waals surface area contributed by atoms with Gasteiger partial charge in [-0.2, -0.15) is 0 Å². The number of amides is 4. The lowest BCUT2D eigenvalue weighted by Crippen LogP contribution is -2.58. The second kappa shape index (κ2) is 12.5. The van der Waals surface area contributed by atoms with Crippen LogP contribution in [0.2, 0.25) is 0 Å². The van der Waals surface area contributed by atoms with Crippen LogP contribution in [0.5, 0.6) is 0 Å². The van der Waals surface area contributed by atoms with Crippen molar-refractivity contribution in [2.24, 2.45) is 11.5 Å². The molecule has 0 aromatic heterocycles.